The molecule has 0 saturated heterocycles. The maximum absolute atomic E-state index is 6.64. The summed E-state index contributed by atoms with van der Waals surface area (Å²) in [5.41, 5.74) is 38.1. The van der Waals surface area contributed by atoms with Crippen LogP contribution in [0.4, 0.5) is 62.6 Å². The molecule has 0 atom stereocenters. The van der Waals surface area contributed by atoms with Gasteiger partial charge in [-0.1, -0.05) is 372 Å². The molecule has 5 heteroatoms. The maximum Gasteiger partial charge on any atom is 0.0485 e. The monoisotopic (exact) mass is 1800 g/mol. The van der Waals surface area contributed by atoms with Gasteiger partial charge in [-0.3, -0.25) is 0 Å². The predicted molar refractivity (Wildman–Crippen MR) is 583 cm³/mol. The van der Waals surface area contributed by atoms with Crippen LogP contribution >= 0.6 is 11.6 Å². The fourth-order valence-electron chi connectivity index (χ4n) is 22.3. The van der Waals surface area contributed by atoms with Crippen LogP contribution in [0.25, 0.3) is 0 Å². The number of benzene rings is 14. The molecule has 4 aliphatic carbocycles. The highest BCUT2D eigenvalue weighted by atomic mass is 35.5. The van der Waals surface area contributed by atoms with Gasteiger partial charge in [0.15, 0.2) is 0 Å². The summed E-state index contributed by atoms with van der Waals surface area (Å²) < 4.78 is 0. The minimum Gasteiger partial charge on any atom is -0.356 e. The first-order valence-electron chi connectivity index (χ1n) is 49.9. The molecular weight excluding hydrogens is 1650 g/mol. The van der Waals surface area contributed by atoms with Gasteiger partial charge in [-0.05, 0) is 342 Å². The van der Waals surface area contributed by atoms with Crippen LogP contribution in [0.3, 0.4) is 0 Å². The van der Waals surface area contributed by atoms with E-state index in [-0.39, 0.29) is 65.0 Å². The molecule has 1 N–H and O–H groups in total. The second kappa shape index (κ2) is 36.6. The van der Waals surface area contributed by atoms with Crippen molar-refractivity contribution >= 4 is 74.2 Å². The summed E-state index contributed by atoms with van der Waals surface area (Å²) in [5.74, 6) is 0. The highest BCUT2D eigenvalue weighted by Gasteiger charge is 2.43. The zero-order valence-electron chi connectivity index (χ0n) is 86.1. The van der Waals surface area contributed by atoms with Crippen LogP contribution in [-0.2, 0) is 65.0 Å². The molecule has 18 rings (SSSR count). The number of nitrogens with one attached hydrogen (secondary N) is 1. The molecule has 0 fully saturated rings. The van der Waals surface area contributed by atoms with Crippen molar-refractivity contribution in [2.24, 2.45) is 0 Å². The number of anilines is 11. The first-order chi connectivity index (χ1) is 63.6. The fourth-order valence-corrected chi connectivity index (χ4v) is 22.6. The lowest BCUT2D eigenvalue weighted by molar-refractivity contribution is 0.332. The third kappa shape index (κ3) is 19.7. The number of fused-ring (bicyclic) bond motifs is 4. The number of hydrogen-bond acceptors (Lipinski definition) is 4. The van der Waals surface area contributed by atoms with E-state index in [1.165, 1.54) is 174 Å². The van der Waals surface area contributed by atoms with Crippen LogP contribution in [0.15, 0.2) is 328 Å². The van der Waals surface area contributed by atoms with Crippen LogP contribution in [0.2, 0.25) is 5.02 Å². The van der Waals surface area contributed by atoms with Gasteiger partial charge in [0.2, 0.25) is 0 Å². The summed E-state index contributed by atoms with van der Waals surface area (Å²) in [6.45, 7) is 61.5. The van der Waals surface area contributed by atoms with Gasteiger partial charge in [-0.15, -0.1) is 0 Å². The molecule has 0 spiro atoms. The minimum absolute atomic E-state index is 0.0234. The first-order valence-corrected chi connectivity index (χ1v) is 50.3. The zero-order chi connectivity index (χ0) is 96.6. The van der Waals surface area contributed by atoms with E-state index in [2.05, 4.69) is 522 Å². The lowest BCUT2D eigenvalue weighted by Gasteiger charge is -2.43. The van der Waals surface area contributed by atoms with E-state index in [1.807, 2.05) is 6.07 Å². The van der Waals surface area contributed by atoms with Crippen molar-refractivity contribution in [3.63, 3.8) is 0 Å². The summed E-state index contributed by atoms with van der Waals surface area (Å²) >= 11 is 6.64. The highest BCUT2D eigenvalue weighted by Crippen LogP contribution is 2.56. The quantitative estimate of drug-likeness (QED) is 0.0871. The van der Waals surface area contributed by atoms with E-state index in [0.717, 1.165) is 44.8 Å². The third-order valence-corrected chi connectivity index (χ3v) is 32.6. The van der Waals surface area contributed by atoms with Crippen molar-refractivity contribution in [3.05, 3.63) is 433 Å². The molecule has 0 amide bonds. The van der Waals surface area contributed by atoms with Crippen molar-refractivity contribution in [1.29, 1.82) is 0 Å². The lowest BCUT2D eigenvalue weighted by Crippen LogP contribution is -2.34. The van der Waals surface area contributed by atoms with Gasteiger partial charge in [0, 0.05) is 89.2 Å². The Labute approximate surface area is 817 Å². The molecule has 135 heavy (non-hydrogen) atoms. The van der Waals surface area contributed by atoms with E-state index in [0.29, 0.717) is 0 Å². The predicted octanol–water partition coefficient (Wildman–Crippen LogP) is 37.2. The van der Waals surface area contributed by atoms with Crippen molar-refractivity contribution in [3.8, 4) is 0 Å². The van der Waals surface area contributed by atoms with Gasteiger partial charge < -0.3 is 20.0 Å². The SMILES string of the molecule is CC(C)(c1ccccc1)c1ccc(Nc2ccc(C(C)(C)c3ccccc3)cc2)cc1.Cc1cc(Cl)cc(N(c2ccc3c(c2)C(C)(C)CCC3(C)C)c2ccc3c(c2)C(C)(C)CCC3(C)C)c1.Cc1cc(N(c2ccc(C(C)(C)c3ccccc3)cc2)c2ccc(C(C)(C)c3ccccc3)cc2)cc(N(c2ccc3c(c2)C(C)(C)CCC3(C)C)c2ccc3c(c2)C(C)(C)CCC3(C)C)c1. The van der Waals surface area contributed by atoms with Crippen LogP contribution in [-0.4, -0.2) is 0 Å². The van der Waals surface area contributed by atoms with Gasteiger partial charge in [-0.2, -0.15) is 0 Å². The van der Waals surface area contributed by atoms with E-state index < -0.39 is 0 Å². The molecule has 14 aromatic carbocycles. The van der Waals surface area contributed by atoms with Gasteiger partial charge in [0.1, 0.15) is 0 Å². The summed E-state index contributed by atoms with van der Waals surface area (Å²) in [4.78, 5) is 7.45. The minimum atomic E-state index is -0.149. The van der Waals surface area contributed by atoms with Crippen LogP contribution < -0.4 is 20.0 Å². The lowest BCUT2D eigenvalue weighted by atomic mass is 9.63. The maximum atomic E-state index is 6.64. The van der Waals surface area contributed by atoms with E-state index >= 15 is 0 Å². The van der Waals surface area contributed by atoms with Gasteiger partial charge in [0.05, 0.1) is 0 Å². The van der Waals surface area contributed by atoms with E-state index in [9.17, 15) is 0 Å². The number of rotatable bonds is 19. The Balaban J connectivity index is 0.000000163. The smallest absolute Gasteiger partial charge is 0.0485 e. The van der Waals surface area contributed by atoms with Crippen LogP contribution in [0.1, 0.15) is 318 Å². The first kappa shape index (κ1) is 96.7. The Hall–Kier alpha value is -11.4. The highest BCUT2D eigenvalue weighted by molar-refractivity contribution is 6.31. The van der Waals surface area contributed by atoms with Gasteiger partial charge in [0.25, 0.3) is 0 Å². The third-order valence-electron chi connectivity index (χ3n) is 32.4. The molecule has 14 aromatic rings. The Morgan fingerprint density at radius 2 is 0.393 bits per heavy atom. The van der Waals surface area contributed by atoms with Crippen molar-refractivity contribution in [2.75, 3.05) is 20.0 Å². The zero-order valence-corrected chi connectivity index (χ0v) is 86.8. The van der Waals surface area contributed by atoms with Crippen molar-refractivity contribution < 1.29 is 0 Å². The second-order valence-electron chi connectivity index (χ2n) is 47.3. The largest absolute Gasteiger partial charge is 0.356 e. The summed E-state index contributed by atoms with van der Waals surface area (Å²) in [6.07, 6.45) is 9.58. The second-order valence-corrected chi connectivity index (χ2v) is 47.8. The van der Waals surface area contributed by atoms with Gasteiger partial charge in [-0.25, -0.2) is 0 Å². The van der Waals surface area contributed by atoms with Crippen LogP contribution in [0, 0.1) is 13.8 Å². The molecule has 0 bridgehead atoms. The standard InChI is InChI=1S/C65H74N2.C35H44ClN.C30H31N/c1-45-40-54(66(50-28-24-48(25-29-50)64(10,11)46-20-16-14-17-21-46)51-30-26-49(27-31-51)65(12,13)47-22-18-15-19-23-47)42-55(41-45)67(52-32-34-56-58(43-52)62(6,7)38-36-60(56,2)3)53-33-35-57-59(44-53)63(8,9)39-37-61(57,4)5;1-23-18-24(36)20-27(19-23)37(25-10-12-28-30(21-25)34(6,7)16-14-32(28,2)3)26-11-13-29-31(22-26)35(8,9)17-15-33(29,4)5;1-29(2,23-11-7-5-8-12-23)25-15-19-27(20-16-25)31-28-21-17-26(18-22-28)30(3,4)24-13-9-6-10-14-24/h14-35,40-44H,36-39H2,1-13H3;10-13,18-22H,14-17H2,1-9H3;5-22,31H,1-4H3. The van der Waals surface area contributed by atoms with Crippen molar-refractivity contribution in [1.82, 2.24) is 0 Å². The summed E-state index contributed by atoms with van der Waals surface area (Å²) in [7, 11) is 0. The van der Waals surface area contributed by atoms with E-state index in [1.54, 1.807) is 0 Å². The molecule has 4 aliphatic rings. The molecule has 4 nitrogen and oxygen atoms in total. The Morgan fingerprint density at radius 3 is 0.630 bits per heavy atom. The average molecular weight is 1800 g/mol. The topological polar surface area (TPSA) is 21.8 Å². The molecular formula is C130H149ClN4. The van der Waals surface area contributed by atoms with Crippen molar-refractivity contribution in [2.45, 2.75) is 296 Å². The normalized spacial score (nSPS) is 16.8. The van der Waals surface area contributed by atoms with E-state index in [4.69, 9.17) is 11.6 Å². The molecule has 0 heterocycles. The number of hydrogen-bond donors (Lipinski definition) is 1. The fraction of sp³-hybridized carbons (Fsp3) is 0.354. The number of halogens is 1. The average Bonchev–Trinajstić information content (AvgIpc) is 0.738. The molecule has 0 saturated carbocycles. The van der Waals surface area contributed by atoms with Crippen LogP contribution in [0.5, 0.6) is 0 Å². The van der Waals surface area contributed by atoms with Gasteiger partial charge >= 0.3 is 0 Å². The molecule has 0 aromatic heterocycles. The molecule has 0 radical (unpaired) electrons. The number of aryl methyl sites for hydroxylation is 2. The Bertz CT molecular complexity index is 6190. The number of nitrogens with zero attached hydrogens (tertiary/aromatic N) is 3. The Morgan fingerprint density at radius 1 is 0.200 bits per heavy atom. The molecule has 0 aliphatic heterocycles. The summed E-state index contributed by atoms with van der Waals surface area (Å²) in [5, 5.41) is 4.32. The summed E-state index contributed by atoms with van der Waals surface area (Å²) in [6, 6.07) is 122. The Kier molecular flexibility index (Phi) is 26.2. The molecule has 696 valence electrons. The molecule has 0 unspecified atom stereocenters.